The smallest absolute Gasteiger partial charge is 0.338 e. The van der Waals surface area contributed by atoms with Gasteiger partial charge in [-0.3, -0.25) is 19.7 Å². The van der Waals surface area contributed by atoms with Gasteiger partial charge in [0.2, 0.25) is 5.91 Å². The number of carbonyl (C=O) groups excluding carboxylic acids is 3. The third-order valence-electron chi connectivity index (χ3n) is 6.89. The minimum Gasteiger partial charge on any atom is -0.465 e. The molecule has 0 aliphatic carbocycles. The van der Waals surface area contributed by atoms with Crippen molar-refractivity contribution >= 4 is 29.2 Å². The predicted molar refractivity (Wildman–Crippen MR) is 161 cm³/mol. The van der Waals surface area contributed by atoms with Crippen LogP contribution in [0.2, 0.25) is 0 Å². The summed E-state index contributed by atoms with van der Waals surface area (Å²) in [6, 6.07) is 19.3. The van der Waals surface area contributed by atoms with Crippen molar-refractivity contribution in [3.63, 3.8) is 0 Å². The molecule has 0 radical (unpaired) electrons. The number of rotatable bonds is 15. The molecule has 42 heavy (non-hydrogen) atoms. The van der Waals surface area contributed by atoms with Crippen molar-refractivity contribution in [1.29, 1.82) is 0 Å². The van der Waals surface area contributed by atoms with E-state index in [1.807, 2.05) is 44.2 Å². The lowest BCUT2D eigenvalue weighted by Crippen LogP contribution is -2.32. The molecule has 9 nitrogen and oxygen atoms in total. The third-order valence-corrected chi connectivity index (χ3v) is 6.89. The Labute approximate surface area is 246 Å². The second-order valence-corrected chi connectivity index (χ2v) is 9.94. The van der Waals surface area contributed by atoms with Crippen LogP contribution in [0.25, 0.3) is 11.1 Å². The van der Waals surface area contributed by atoms with E-state index in [-0.39, 0.29) is 49.2 Å². The molecule has 3 aromatic rings. The molecule has 3 rings (SSSR count). The number of hydrogen-bond donors (Lipinski definition) is 0. The Hall–Kier alpha value is -4.53. The lowest BCUT2D eigenvalue weighted by Gasteiger charge is -2.26. The number of para-hydroxylation sites is 1. The van der Waals surface area contributed by atoms with Crippen LogP contribution in [0.5, 0.6) is 0 Å². The van der Waals surface area contributed by atoms with E-state index in [2.05, 4.69) is 0 Å². The fraction of sp³-hybridized carbons (Fsp3) is 0.364. The van der Waals surface area contributed by atoms with E-state index in [9.17, 15) is 24.5 Å². The number of ether oxygens (including phenoxy) is 2. The van der Waals surface area contributed by atoms with Gasteiger partial charge in [-0.2, -0.15) is 0 Å². The summed E-state index contributed by atoms with van der Waals surface area (Å²) in [5.74, 6) is -1.14. The van der Waals surface area contributed by atoms with Gasteiger partial charge >= 0.3 is 11.9 Å². The van der Waals surface area contributed by atoms with E-state index in [0.29, 0.717) is 35.1 Å². The number of esters is 2. The maximum atomic E-state index is 13.6. The molecule has 0 aromatic heterocycles. The molecule has 0 spiro atoms. The topological polar surface area (TPSA) is 116 Å². The summed E-state index contributed by atoms with van der Waals surface area (Å²) in [5, 5.41) is 12.2. The summed E-state index contributed by atoms with van der Waals surface area (Å²) in [4.78, 5) is 51.6. The van der Waals surface area contributed by atoms with E-state index in [0.717, 1.165) is 24.8 Å². The van der Waals surface area contributed by atoms with Crippen molar-refractivity contribution in [3.8, 4) is 11.1 Å². The fourth-order valence-electron chi connectivity index (χ4n) is 4.68. The second-order valence-electron chi connectivity index (χ2n) is 9.94. The van der Waals surface area contributed by atoms with Crippen molar-refractivity contribution in [2.75, 3.05) is 18.6 Å². The van der Waals surface area contributed by atoms with Gasteiger partial charge in [0.05, 0.1) is 30.7 Å². The molecule has 222 valence electrons. The Bertz CT molecular complexity index is 1390. The van der Waals surface area contributed by atoms with Crippen molar-refractivity contribution < 1.29 is 28.8 Å². The summed E-state index contributed by atoms with van der Waals surface area (Å²) < 4.78 is 10.4. The van der Waals surface area contributed by atoms with Crippen LogP contribution in [0.15, 0.2) is 66.7 Å². The van der Waals surface area contributed by atoms with Gasteiger partial charge in [-0.25, -0.2) is 4.79 Å². The van der Waals surface area contributed by atoms with E-state index < -0.39 is 10.9 Å². The fourth-order valence-corrected chi connectivity index (χ4v) is 4.68. The van der Waals surface area contributed by atoms with Crippen molar-refractivity contribution in [1.82, 2.24) is 0 Å². The summed E-state index contributed by atoms with van der Waals surface area (Å²) in [5.41, 5.74) is 2.90. The zero-order valence-electron chi connectivity index (χ0n) is 24.5. The third kappa shape index (κ3) is 8.49. The molecule has 0 aliphatic heterocycles. The number of unbranched alkanes of at least 4 members (excludes halogenated alkanes) is 2. The summed E-state index contributed by atoms with van der Waals surface area (Å²) in [6.45, 7) is 3.98. The summed E-state index contributed by atoms with van der Waals surface area (Å²) in [7, 11) is 1.30. The molecule has 0 saturated heterocycles. The number of nitrogens with zero attached hydrogens (tertiary/aromatic N) is 2. The molecule has 0 heterocycles. The Balaban J connectivity index is 2.05. The van der Waals surface area contributed by atoms with Gasteiger partial charge in [-0.15, -0.1) is 0 Å². The average molecular weight is 575 g/mol. The van der Waals surface area contributed by atoms with Gasteiger partial charge in [0, 0.05) is 25.3 Å². The monoisotopic (exact) mass is 574 g/mol. The maximum absolute atomic E-state index is 13.6. The van der Waals surface area contributed by atoms with Crippen molar-refractivity contribution in [3.05, 3.63) is 93.5 Å². The number of nitro benzene ring substituents is 1. The van der Waals surface area contributed by atoms with Gasteiger partial charge < -0.3 is 14.4 Å². The van der Waals surface area contributed by atoms with Crippen LogP contribution in [0, 0.1) is 10.1 Å². The molecular weight excluding hydrogens is 536 g/mol. The maximum Gasteiger partial charge on any atom is 0.338 e. The quantitative estimate of drug-likeness (QED) is 0.108. The number of amides is 1. The molecule has 0 N–H and O–H groups in total. The van der Waals surface area contributed by atoms with Crippen LogP contribution in [0.4, 0.5) is 11.4 Å². The van der Waals surface area contributed by atoms with Gasteiger partial charge in [-0.05, 0) is 41.2 Å². The molecule has 0 aliphatic rings. The molecule has 0 fully saturated rings. The number of hydrogen-bond acceptors (Lipinski definition) is 7. The van der Waals surface area contributed by atoms with Crippen LogP contribution in [0.3, 0.4) is 0 Å². The predicted octanol–water partition coefficient (Wildman–Crippen LogP) is 7.05. The lowest BCUT2D eigenvalue weighted by molar-refractivity contribution is -0.384. The highest BCUT2D eigenvalue weighted by molar-refractivity contribution is 5.98. The first-order valence-electron chi connectivity index (χ1n) is 14.3. The number of nitro groups is 1. The normalized spacial score (nSPS) is 10.6. The molecule has 0 atom stereocenters. The Morgan fingerprint density at radius 1 is 0.905 bits per heavy atom. The first-order valence-corrected chi connectivity index (χ1v) is 14.3. The van der Waals surface area contributed by atoms with Crippen LogP contribution >= 0.6 is 0 Å². The lowest BCUT2D eigenvalue weighted by atomic mass is 9.97. The molecular formula is C33H38N2O7. The van der Waals surface area contributed by atoms with E-state index in [4.69, 9.17) is 9.47 Å². The Morgan fingerprint density at radius 3 is 2.29 bits per heavy atom. The molecule has 0 bridgehead atoms. The van der Waals surface area contributed by atoms with Crippen molar-refractivity contribution in [2.45, 2.75) is 65.3 Å². The Morgan fingerprint density at radius 2 is 1.62 bits per heavy atom. The molecule has 0 saturated carbocycles. The largest absolute Gasteiger partial charge is 0.465 e. The molecule has 3 aromatic carbocycles. The number of anilines is 1. The highest BCUT2D eigenvalue weighted by atomic mass is 16.6. The van der Waals surface area contributed by atoms with Crippen LogP contribution in [-0.2, 0) is 32.0 Å². The van der Waals surface area contributed by atoms with Crippen LogP contribution in [-0.4, -0.2) is 36.5 Å². The van der Waals surface area contributed by atoms with Crippen LogP contribution in [0.1, 0.15) is 73.9 Å². The second kappa shape index (κ2) is 16.0. The first kappa shape index (κ1) is 32.0. The van der Waals surface area contributed by atoms with E-state index in [1.165, 1.54) is 18.1 Å². The average Bonchev–Trinajstić information content (AvgIpc) is 3.01. The Kier molecular flexibility index (Phi) is 12.2. The summed E-state index contributed by atoms with van der Waals surface area (Å²) >= 11 is 0. The highest BCUT2D eigenvalue weighted by Crippen LogP contribution is 2.35. The molecule has 1 amide bonds. The minimum absolute atomic E-state index is 0.00421. The zero-order chi connectivity index (χ0) is 30.5. The van der Waals surface area contributed by atoms with Crippen LogP contribution < -0.4 is 4.90 Å². The van der Waals surface area contributed by atoms with Gasteiger partial charge in [0.15, 0.2) is 0 Å². The standard InChI is InChI=1S/C33H38N2O7/c1-4-6-16-30(36)34(23-24-18-19-27(25-12-9-8-10-13-25)28(22-24)33(38)41-3)32-26(14-11-15-29(32)35(39)40)20-21-42-31(37)17-7-5-2/h8-15,18-19,22H,4-7,16-17,20-21,23H2,1-3H3. The van der Waals surface area contributed by atoms with E-state index >= 15 is 0 Å². The van der Waals surface area contributed by atoms with E-state index in [1.54, 1.807) is 30.3 Å². The first-order chi connectivity index (χ1) is 20.3. The summed E-state index contributed by atoms with van der Waals surface area (Å²) in [6.07, 6.45) is 3.67. The van der Waals surface area contributed by atoms with Crippen molar-refractivity contribution in [2.24, 2.45) is 0 Å². The zero-order valence-corrected chi connectivity index (χ0v) is 24.5. The van der Waals surface area contributed by atoms with Gasteiger partial charge in [-0.1, -0.05) is 81.3 Å². The minimum atomic E-state index is -0.532. The number of carbonyl (C=O) groups is 3. The molecule has 9 heteroatoms. The van der Waals surface area contributed by atoms with Gasteiger partial charge in [0.1, 0.15) is 5.69 Å². The molecule has 0 unspecified atom stereocenters. The van der Waals surface area contributed by atoms with Gasteiger partial charge in [0.25, 0.3) is 5.69 Å². The SMILES string of the molecule is CCCCC(=O)OCCc1cccc([N+](=O)[O-])c1N(Cc1ccc(-c2ccccc2)c(C(=O)OC)c1)C(=O)CCCC. The number of methoxy groups -OCH3 is 1. The number of benzene rings is 3. The highest BCUT2D eigenvalue weighted by Gasteiger charge is 2.28.